The van der Waals surface area contributed by atoms with E-state index in [9.17, 15) is 0 Å². The maximum atomic E-state index is 5.36. The molecule has 0 fully saturated rings. The Bertz CT molecular complexity index is 2220. The van der Waals surface area contributed by atoms with Gasteiger partial charge in [0.1, 0.15) is 0 Å². The second-order valence-corrected chi connectivity index (χ2v) is 12.5. The molecule has 208 valence electrons. The van der Waals surface area contributed by atoms with E-state index in [0.717, 1.165) is 28.0 Å². The summed E-state index contributed by atoms with van der Waals surface area (Å²) in [7, 11) is 0. The Morgan fingerprint density at radius 1 is 0.432 bits per heavy atom. The van der Waals surface area contributed by atoms with Crippen LogP contribution in [0.5, 0.6) is 0 Å². The van der Waals surface area contributed by atoms with Crippen molar-refractivity contribution < 1.29 is 0 Å². The summed E-state index contributed by atoms with van der Waals surface area (Å²) in [6.45, 7) is 4.77. The first-order chi connectivity index (χ1) is 21.6. The quantitative estimate of drug-likeness (QED) is 0.210. The Morgan fingerprint density at radius 3 is 1.70 bits per heavy atom. The molecule has 2 nitrogen and oxygen atoms in total. The third kappa shape index (κ3) is 3.20. The predicted octanol–water partition coefficient (Wildman–Crippen LogP) is 9.97. The normalized spacial score (nSPS) is 15.0. The van der Waals surface area contributed by atoms with Crippen molar-refractivity contribution in [1.29, 1.82) is 0 Å². The minimum absolute atomic E-state index is 0.279. The predicted molar refractivity (Wildman–Crippen MR) is 180 cm³/mol. The standard InChI is InChI=1S/C42H30N2/c1-41(2)34-23-11-12-24-35(34)42(32-21-9-6-17-28(32)29-18-7-10-22-33(29)42)36-25-14-20-31(38(36)41)39-30-19-8-13-26-37(30)43-40(44-39)27-15-4-3-5-16-27/h3-26H,1-2H3. The van der Waals surface area contributed by atoms with Crippen LogP contribution in [0.3, 0.4) is 0 Å². The lowest BCUT2D eigenvalue weighted by Crippen LogP contribution is -2.41. The third-order valence-corrected chi connectivity index (χ3v) is 9.94. The van der Waals surface area contributed by atoms with Gasteiger partial charge in [0, 0.05) is 21.9 Å². The summed E-state index contributed by atoms with van der Waals surface area (Å²) >= 11 is 0. The van der Waals surface area contributed by atoms with Crippen molar-refractivity contribution in [2.75, 3.05) is 0 Å². The number of hydrogen-bond donors (Lipinski definition) is 0. The van der Waals surface area contributed by atoms with Crippen molar-refractivity contribution >= 4 is 10.9 Å². The molecule has 0 N–H and O–H groups in total. The maximum absolute atomic E-state index is 5.36. The number of benzene rings is 6. The average Bonchev–Trinajstić information content (AvgIpc) is 3.38. The van der Waals surface area contributed by atoms with Crippen molar-refractivity contribution in [3.05, 3.63) is 179 Å². The molecule has 6 aromatic carbocycles. The first-order valence-corrected chi connectivity index (χ1v) is 15.4. The Balaban J connectivity index is 1.45. The molecule has 0 saturated carbocycles. The van der Waals surface area contributed by atoms with E-state index < -0.39 is 5.41 Å². The Labute approximate surface area is 257 Å². The van der Waals surface area contributed by atoms with Crippen molar-refractivity contribution in [3.63, 3.8) is 0 Å². The molecule has 1 spiro atoms. The van der Waals surface area contributed by atoms with E-state index in [4.69, 9.17) is 9.97 Å². The van der Waals surface area contributed by atoms with Crippen molar-refractivity contribution in [2.45, 2.75) is 24.7 Å². The van der Waals surface area contributed by atoms with Crippen molar-refractivity contribution in [2.24, 2.45) is 0 Å². The number of hydrogen-bond acceptors (Lipinski definition) is 2. The minimum Gasteiger partial charge on any atom is -0.228 e. The molecule has 1 aromatic heterocycles. The lowest BCUT2D eigenvalue weighted by atomic mass is 9.54. The van der Waals surface area contributed by atoms with Crippen LogP contribution in [0.2, 0.25) is 0 Å². The highest BCUT2D eigenvalue weighted by atomic mass is 14.9. The topological polar surface area (TPSA) is 25.8 Å². The van der Waals surface area contributed by atoms with Gasteiger partial charge in [-0.3, -0.25) is 0 Å². The summed E-state index contributed by atoms with van der Waals surface area (Å²) in [6, 6.07) is 52.7. The smallest absolute Gasteiger partial charge is 0.160 e. The van der Waals surface area contributed by atoms with Gasteiger partial charge in [-0.1, -0.05) is 153 Å². The van der Waals surface area contributed by atoms with Crippen molar-refractivity contribution in [3.8, 4) is 33.8 Å². The van der Waals surface area contributed by atoms with Gasteiger partial charge in [0.25, 0.3) is 0 Å². The van der Waals surface area contributed by atoms with E-state index in [1.807, 2.05) is 6.07 Å². The summed E-state index contributed by atoms with van der Waals surface area (Å²) < 4.78 is 0. The van der Waals surface area contributed by atoms with Crippen LogP contribution < -0.4 is 0 Å². The second kappa shape index (κ2) is 9.08. The number of aromatic nitrogens is 2. The third-order valence-electron chi connectivity index (χ3n) is 9.94. The van der Waals surface area contributed by atoms with E-state index in [2.05, 4.69) is 153 Å². The fourth-order valence-corrected chi connectivity index (χ4v) is 8.18. The average molecular weight is 563 g/mol. The number of nitrogens with zero attached hydrogens (tertiary/aromatic N) is 2. The molecule has 2 heteroatoms. The zero-order valence-corrected chi connectivity index (χ0v) is 24.8. The summed E-state index contributed by atoms with van der Waals surface area (Å²) in [4.78, 5) is 10.4. The molecule has 2 aliphatic carbocycles. The SMILES string of the molecule is CC1(C)c2ccccc2C2(c3ccccc3-c3ccccc32)c2cccc(-c3nc(-c4ccccc4)nc4ccccc34)c21. The van der Waals surface area contributed by atoms with E-state index >= 15 is 0 Å². The van der Waals surface area contributed by atoms with Crippen LogP contribution >= 0.6 is 0 Å². The van der Waals surface area contributed by atoms with Crippen LogP contribution in [0, 0.1) is 0 Å². The summed E-state index contributed by atoms with van der Waals surface area (Å²) in [5.41, 5.74) is 14.1. The van der Waals surface area contributed by atoms with Gasteiger partial charge in [-0.15, -0.1) is 0 Å². The molecular weight excluding hydrogens is 532 g/mol. The van der Waals surface area contributed by atoms with Crippen LogP contribution in [-0.2, 0) is 10.8 Å². The molecule has 2 aliphatic rings. The summed E-state index contributed by atoms with van der Waals surface area (Å²) in [6.07, 6.45) is 0. The first-order valence-electron chi connectivity index (χ1n) is 15.4. The van der Waals surface area contributed by atoms with Crippen LogP contribution in [-0.4, -0.2) is 9.97 Å². The van der Waals surface area contributed by atoms with Crippen LogP contribution in [0.1, 0.15) is 47.2 Å². The molecule has 44 heavy (non-hydrogen) atoms. The highest BCUT2D eigenvalue weighted by Crippen LogP contribution is 2.63. The zero-order chi connectivity index (χ0) is 29.5. The molecule has 1 heterocycles. The van der Waals surface area contributed by atoms with E-state index in [1.54, 1.807) is 0 Å². The second-order valence-electron chi connectivity index (χ2n) is 12.5. The monoisotopic (exact) mass is 562 g/mol. The molecule has 9 rings (SSSR count). The highest BCUT2D eigenvalue weighted by Gasteiger charge is 2.53. The minimum atomic E-state index is -0.435. The maximum Gasteiger partial charge on any atom is 0.160 e. The van der Waals surface area contributed by atoms with Gasteiger partial charge in [-0.2, -0.15) is 0 Å². The van der Waals surface area contributed by atoms with E-state index in [0.29, 0.717) is 0 Å². The van der Waals surface area contributed by atoms with Crippen LogP contribution in [0.4, 0.5) is 0 Å². The van der Waals surface area contributed by atoms with Crippen LogP contribution in [0.15, 0.2) is 146 Å². The van der Waals surface area contributed by atoms with Crippen molar-refractivity contribution in [1.82, 2.24) is 9.97 Å². The molecule has 0 bridgehead atoms. The van der Waals surface area contributed by atoms with Gasteiger partial charge in [-0.25, -0.2) is 9.97 Å². The summed E-state index contributed by atoms with van der Waals surface area (Å²) in [5.74, 6) is 0.747. The fourth-order valence-electron chi connectivity index (χ4n) is 8.18. The molecular formula is C42H30N2. The van der Waals surface area contributed by atoms with Crippen LogP contribution in [0.25, 0.3) is 44.7 Å². The number of rotatable bonds is 2. The van der Waals surface area contributed by atoms with Gasteiger partial charge in [0.15, 0.2) is 5.82 Å². The van der Waals surface area contributed by atoms with E-state index in [1.165, 1.54) is 50.1 Å². The lowest BCUT2D eigenvalue weighted by molar-refractivity contribution is 0.565. The van der Waals surface area contributed by atoms with Gasteiger partial charge in [0.05, 0.1) is 16.6 Å². The van der Waals surface area contributed by atoms with Gasteiger partial charge in [-0.05, 0) is 50.6 Å². The summed E-state index contributed by atoms with van der Waals surface area (Å²) in [5, 5.41) is 1.07. The molecule has 7 aromatic rings. The Hall–Kier alpha value is -5.34. The largest absolute Gasteiger partial charge is 0.228 e. The van der Waals surface area contributed by atoms with Gasteiger partial charge in [0.2, 0.25) is 0 Å². The molecule has 0 unspecified atom stereocenters. The molecule has 0 aliphatic heterocycles. The molecule has 0 atom stereocenters. The Kier molecular flexibility index (Phi) is 5.20. The number of fused-ring (bicyclic) bond motifs is 10. The fraction of sp³-hybridized carbons (Fsp3) is 0.0952. The van der Waals surface area contributed by atoms with E-state index in [-0.39, 0.29) is 5.41 Å². The Morgan fingerprint density at radius 2 is 0.977 bits per heavy atom. The number of para-hydroxylation sites is 1. The highest BCUT2D eigenvalue weighted by molar-refractivity contribution is 5.97. The van der Waals surface area contributed by atoms with Gasteiger partial charge >= 0.3 is 0 Å². The van der Waals surface area contributed by atoms with Gasteiger partial charge < -0.3 is 0 Å². The molecule has 0 radical (unpaired) electrons. The zero-order valence-electron chi connectivity index (χ0n) is 24.8. The lowest BCUT2D eigenvalue weighted by Gasteiger charge is -2.47. The molecule has 0 saturated heterocycles. The molecule has 0 amide bonds. The first kappa shape index (κ1) is 25.2.